The molecular weight excluding hydrogens is 296 g/mol. The van der Waals surface area contributed by atoms with Gasteiger partial charge >= 0.3 is 0 Å². The summed E-state index contributed by atoms with van der Waals surface area (Å²) in [5.41, 5.74) is 1.34. The number of hydrogen-bond donors (Lipinski definition) is 1. The molecule has 0 aliphatic carbocycles. The number of H-pyrrole nitrogens is 1. The normalized spacial score (nSPS) is 10.9. The zero-order chi connectivity index (χ0) is 16.4. The van der Waals surface area contributed by atoms with E-state index in [1.165, 1.54) is 18.6 Å². The van der Waals surface area contributed by atoms with Gasteiger partial charge in [-0.15, -0.1) is 0 Å². The first-order valence-corrected chi connectivity index (χ1v) is 7.28. The molecular formula is C16H16N4O3. The molecule has 118 valence electrons. The van der Waals surface area contributed by atoms with E-state index in [0.717, 1.165) is 10.9 Å². The van der Waals surface area contributed by atoms with E-state index in [0.29, 0.717) is 11.4 Å². The highest BCUT2D eigenvalue weighted by molar-refractivity contribution is 5.90. The number of nitrogens with one attached hydrogen (secondary N) is 1. The number of benzene rings is 1. The number of Topliss-reactive ketones (excluding diaryl/α,β-unsaturated/α-hetero) is 1. The Morgan fingerprint density at radius 2 is 2.00 bits per heavy atom. The summed E-state index contributed by atoms with van der Waals surface area (Å²) in [6, 6.07) is 9.11. The van der Waals surface area contributed by atoms with Gasteiger partial charge < -0.3 is 4.74 Å². The van der Waals surface area contributed by atoms with Crippen molar-refractivity contribution >= 4 is 11.6 Å². The molecule has 1 N–H and O–H groups in total. The highest BCUT2D eigenvalue weighted by Crippen LogP contribution is 2.13. The van der Waals surface area contributed by atoms with Crippen LogP contribution in [0.1, 0.15) is 35.7 Å². The Kier molecular flexibility index (Phi) is 3.92. The predicted octanol–water partition coefficient (Wildman–Crippen LogP) is 1.76. The number of carbonyl (C=O) groups excluding carboxylic acids is 1. The Balaban J connectivity index is 1.82. The van der Waals surface area contributed by atoms with Gasteiger partial charge in [0.2, 0.25) is 0 Å². The van der Waals surface area contributed by atoms with Crippen molar-refractivity contribution < 1.29 is 9.53 Å². The van der Waals surface area contributed by atoms with E-state index >= 15 is 0 Å². The molecule has 0 atom stereocenters. The number of nitrogens with zero attached hydrogens (tertiary/aromatic N) is 3. The molecule has 1 aromatic carbocycles. The third-order valence-corrected chi connectivity index (χ3v) is 3.44. The number of hydrogen-bond acceptors (Lipinski definition) is 5. The predicted molar refractivity (Wildman–Crippen MR) is 83.8 cm³/mol. The average Bonchev–Trinajstić information content (AvgIpc) is 2.98. The number of aromatic amines is 1. The molecule has 0 aliphatic rings. The van der Waals surface area contributed by atoms with Crippen LogP contribution in [0.25, 0.3) is 5.78 Å². The molecule has 23 heavy (non-hydrogen) atoms. The molecule has 0 unspecified atom stereocenters. The lowest BCUT2D eigenvalue weighted by atomic mass is 10.2. The molecule has 0 saturated heterocycles. The summed E-state index contributed by atoms with van der Waals surface area (Å²) >= 11 is 0. The summed E-state index contributed by atoms with van der Waals surface area (Å²) < 4.78 is 6.77. The SMILES string of the molecule is CCc1ccc(OCc2cc(=O)n3[nH]c(C(C)=O)nc3n2)cc1. The molecule has 0 amide bonds. The number of aryl methyl sites for hydroxylation is 1. The third kappa shape index (κ3) is 3.13. The van der Waals surface area contributed by atoms with Crippen molar-refractivity contribution in [1.29, 1.82) is 0 Å². The van der Waals surface area contributed by atoms with Crippen LogP contribution in [-0.2, 0) is 13.0 Å². The van der Waals surface area contributed by atoms with E-state index in [1.807, 2.05) is 24.3 Å². The van der Waals surface area contributed by atoms with Gasteiger partial charge in [-0.2, -0.15) is 9.50 Å². The quantitative estimate of drug-likeness (QED) is 0.725. The van der Waals surface area contributed by atoms with Crippen molar-refractivity contribution in [3.63, 3.8) is 0 Å². The third-order valence-electron chi connectivity index (χ3n) is 3.44. The Hall–Kier alpha value is -2.96. The Morgan fingerprint density at radius 3 is 2.65 bits per heavy atom. The monoisotopic (exact) mass is 312 g/mol. The van der Waals surface area contributed by atoms with Crippen LogP contribution in [-0.4, -0.2) is 25.4 Å². The van der Waals surface area contributed by atoms with Gasteiger partial charge in [-0.3, -0.25) is 14.7 Å². The summed E-state index contributed by atoms with van der Waals surface area (Å²) in [6.45, 7) is 3.60. The average molecular weight is 312 g/mol. The molecule has 0 radical (unpaired) electrons. The van der Waals surface area contributed by atoms with Crippen molar-refractivity contribution in [2.24, 2.45) is 0 Å². The van der Waals surface area contributed by atoms with Crippen LogP contribution in [0.3, 0.4) is 0 Å². The Labute approximate surface area is 131 Å². The number of carbonyl (C=O) groups is 1. The van der Waals surface area contributed by atoms with Crippen LogP contribution in [0.15, 0.2) is 35.1 Å². The lowest BCUT2D eigenvalue weighted by Crippen LogP contribution is -2.16. The maximum Gasteiger partial charge on any atom is 0.274 e. The molecule has 0 fully saturated rings. The number of ether oxygens (including phenoxy) is 1. The summed E-state index contributed by atoms with van der Waals surface area (Å²) in [7, 11) is 0. The van der Waals surface area contributed by atoms with Gasteiger partial charge in [0, 0.05) is 13.0 Å². The largest absolute Gasteiger partial charge is 0.487 e. The summed E-state index contributed by atoms with van der Waals surface area (Å²) in [4.78, 5) is 31.6. The lowest BCUT2D eigenvalue weighted by molar-refractivity contribution is 0.100. The van der Waals surface area contributed by atoms with E-state index in [2.05, 4.69) is 22.0 Å². The minimum atomic E-state index is -0.338. The van der Waals surface area contributed by atoms with Gasteiger partial charge in [-0.25, -0.2) is 4.98 Å². The summed E-state index contributed by atoms with van der Waals surface area (Å²) in [5, 5.41) is 2.62. The first kappa shape index (κ1) is 15.0. The molecule has 3 rings (SSSR count). The second kappa shape index (κ2) is 6.04. The zero-order valence-corrected chi connectivity index (χ0v) is 12.9. The van der Waals surface area contributed by atoms with Gasteiger partial charge in [0.05, 0.1) is 5.69 Å². The van der Waals surface area contributed by atoms with Crippen molar-refractivity contribution in [2.45, 2.75) is 26.9 Å². The van der Waals surface area contributed by atoms with Crippen LogP contribution < -0.4 is 10.3 Å². The van der Waals surface area contributed by atoms with E-state index in [4.69, 9.17) is 4.74 Å². The first-order chi connectivity index (χ1) is 11.1. The van der Waals surface area contributed by atoms with Crippen molar-refractivity contribution in [3.05, 3.63) is 57.8 Å². The van der Waals surface area contributed by atoms with Crippen LogP contribution in [0, 0.1) is 0 Å². The molecule has 0 spiro atoms. The number of rotatable bonds is 5. The second-order valence-corrected chi connectivity index (χ2v) is 5.14. The minimum Gasteiger partial charge on any atom is -0.487 e. The lowest BCUT2D eigenvalue weighted by Gasteiger charge is -2.06. The minimum absolute atomic E-state index is 0.0998. The van der Waals surface area contributed by atoms with Gasteiger partial charge in [0.15, 0.2) is 11.6 Å². The van der Waals surface area contributed by atoms with E-state index in [9.17, 15) is 9.59 Å². The molecule has 0 aliphatic heterocycles. The maximum absolute atomic E-state index is 12.0. The van der Waals surface area contributed by atoms with Crippen molar-refractivity contribution in [2.75, 3.05) is 0 Å². The fourth-order valence-electron chi connectivity index (χ4n) is 2.14. The molecule has 7 heteroatoms. The fraction of sp³-hybridized carbons (Fsp3) is 0.250. The molecule has 0 bridgehead atoms. The number of ketones is 1. The van der Waals surface area contributed by atoms with Crippen molar-refractivity contribution in [3.8, 4) is 5.75 Å². The maximum atomic E-state index is 12.0. The van der Waals surface area contributed by atoms with Gasteiger partial charge in [-0.05, 0) is 24.1 Å². The zero-order valence-electron chi connectivity index (χ0n) is 12.9. The fourth-order valence-corrected chi connectivity index (χ4v) is 2.14. The van der Waals surface area contributed by atoms with Crippen LogP contribution in [0.5, 0.6) is 5.75 Å². The van der Waals surface area contributed by atoms with E-state index in [-0.39, 0.29) is 29.6 Å². The highest BCUT2D eigenvalue weighted by Gasteiger charge is 2.11. The van der Waals surface area contributed by atoms with Crippen molar-refractivity contribution in [1.82, 2.24) is 19.6 Å². The standard InChI is InChI=1S/C16H16N4O3/c1-3-11-4-6-13(7-5-11)23-9-12-8-14(22)20-16(17-12)18-15(19-20)10(2)21/h4-8H,3,9H2,1-2H3,(H,17,18,19). The highest BCUT2D eigenvalue weighted by atomic mass is 16.5. The topological polar surface area (TPSA) is 89.4 Å². The Morgan fingerprint density at radius 1 is 1.26 bits per heavy atom. The smallest absolute Gasteiger partial charge is 0.274 e. The van der Waals surface area contributed by atoms with E-state index < -0.39 is 0 Å². The summed E-state index contributed by atoms with van der Waals surface area (Å²) in [5.74, 6) is 0.699. The number of aromatic nitrogens is 4. The molecule has 0 saturated carbocycles. The first-order valence-electron chi connectivity index (χ1n) is 7.28. The molecule has 2 heterocycles. The van der Waals surface area contributed by atoms with Gasteiger partial charge in [0.25, 0.3) is 11.3 Å². The summed E-state index contributed by atoms with van der Waals surface area (Å²) in [6.07, 6.45) is 0.965. The van der Waals surface area contributed by atoms with Crippen LogP contribution in [0.2, 0.25) is 0 Å². The Bertz CT molecular complexity index is 909. The van der Waals surface area contributed by atoms with Gasteiger partial charge in [0.1, 0.15) is 12.4 Å². The van der Waals surface area contributed by atoms with Crippen LogP contribution in [0.4, 0.5) is 0 Å². The number of fused-ring (bicyclic) bond motifs is 1. The van der Waals surface area contributed by atoms with Gasteiger partial charge in [-0.1, -0.05) is 19.1 Å². The molecule has 7 nitrogen and oxygen atoms in total. The second-order valence-electron chi connectivity index (χ2n) is 5.14. The molecule has 3 aromatic rings. The van der Waals surface area contributed by atoms with Crippen LogP contribution >= 0.6 is 0 Å². The van der Waals surface area contributed by atoms with E-state index in [1.54, 1.807) is 0 Å². The molecule has 2 aromatic heterocycles.